The number of amides is 1. The third kappa shape index (κ3) is 2.06. The van der Waals surface area contributed by atoms with E-state index < -0.39 is 11.5 Å². The van der Waals surface area contributed by atoms with Gasteiger partial charge in [0, 0.05) is 6.54 Å². The summed E-state index contributed by atoms with van der Waals surface area (Å²) in [6, 6.07) is 0. The average Bonchev–Trinajstić information content (AvgIpc) is 2.13. The Balaban J connectivity index is 2.77. The van der Waals surface area contributed by atoms with E-state index in [-0.39, 0.29) is 0 Å². The van der Waals surface area contributed by atoms with Crippen molar-refractivity contribution in [1.29, 1.82) is 0 Å². The Labute approximate surface area is 96.6 Å². The van der Waals surface area contributed by atoms with Gasteiger partial charge in [-0.05, 0) is 31.1 Å². The van der Waals surface area contributed by atoms with Crippen molar-refractivity contribution < 1.29 is 14.7 Å². The lowest BCUT2D eigenvalue weighted by Crippen LogP contribution is -2.63. The van der Waals surface area contributed by atoms with Crippen molar-refractivity contribution >= 4 is 12.4 Å². The van der Waals surface area contributed by atoms with Crippen LogP contribution in [0.25, 0.3) is 0 Å². The molecule has 1 fully saturated rings. The summed E-state index contributed by atoms with van der Waals surface area (Å²) in [6.45, 7) is 6.67. The lowest BCUT2D eigenvalue weighted by atomic mass is 9.63. The first-order valence-electron chi connectivity index (χ1n) is 5.93. The molecule has 0 saturated heterocycles. The van der Waals surface area contributed by atoms with E-state index >= 15 is 0 Å². The van der Waals surface area contributed by atoms with E-state index in [0.717, 1.165) is 6.42 Å². The van der Waals surface area contributed by atoms with E-state index in [0.29, 0.717) is 37.6 Å². The molecule has 0 heterocycles. The Morgan fingerprint density at radius 1 is 1.56 bits per heavy atom. The lowest BCUT2D eigenvalue weighted by molar-refractivity contribution is -0.167. The van der Waals surface area contributed by atoms with Crippen LogP contribution in [0.15, 0.2) is 0 Å². The summed E-state index contributed by atoms with van der Waals surface area (Å²) in [4.78, 5) is 23.8. The van der Waals surface area contributed by atoms with Crippen LogP contribution < -0.4 is 0 Å². The Hall–Kier alpha value is -1.06. The zero-order chi connectivity index (χ0) is 12.3. The summed E-state index contributed by atoms with van der Waals surface area (Å²) >= 11 is 0. The second kappa shape index (κ2) is 4.85. The molecule has 0 aliphatic heterocycles. The first-order valence-corrected chi connectivity index (χ1v) is 5.93. The van der Waals surface area contributed by atoms with E-state index in [1.165, 1.54) is 4.90 Å². The number of rotatable bonds is 6. The second-order valence-electron chi connectivity index (χ2n) is 5.05. The summed E-state index contributed by atoms with van der Waals surface area (Å²) in [5.41, 5.74) is -0.924. The molecule has 1 saturated carbocycles. The number of hydrogen-bond acceptors (Lipinski definition) is 2. The zero-order valence-electron chi connectivity index (χ0n) is 10.3. The highest BCUT2D eigenvalue weighted by atomic mass is 16.4. The smallest absolute Gasteiger partial charge is 0.329 e. The number of carboxylic acid groups (broad SMARTS) is 1. The molecule has 1 amide bonds. The van der Waals surface area contributed by atoms with Crippen LogP contribution in [0.2, 0.25) is 0 Å². The summed E-state index contributed by atoms with van der Waals surface area (Å²) in [5, 5.41) is 9.31. The molecule has 0 aromatic rings. The van der Waals surface area contributed by atoms with E-state index in [1.807, 2.05) is 6.92 Å². The molecule has 0 aromatic heterocycles. The molecule has 0 radical (unpaired) electrons. The van der Waals surface area contributed by atoms with Crippen LogP contribution in [0.4, 0.5) is 0 Å². The zero-order valence-corrected chi connectivity index (χ0v) is 10.3. The number of carbonyl (C=O) groups excluding carboxylic acids is 1. The van der Waals surface area contributed by atoms with Gasteiger partial charge in [0.2, 0.25) is 6.41 Å². The first-order chi connectivity index (χ1) is 7.47. The number of carboxylic acids is 1. The van der Waals surface area contributed by atoms with Crippen molar-refractivity contribution in [2.45, 2.75) is 45.6 Å². The van der Waals surface area contributed by atoms with Crippen molar-refractivity contribution in [3.05, 3.63) is 0 Å². The quantitative estimate of drug-likeness (QED) is 0.703. The van der Waals surface area contributed by atoms with Crippen molar-refractivity contribution in [2.75, 3.05) is 6.54 Å². The summed E-state index contributed by atoms with van der Waals surface area (Å²) in [5.74, 6) is 0.0583. The van der Waals surface area contributed by atoms with E-state index in [4.69, 9.17) is 0 Å². The van der Waals surface area contributed by atoms with Crippen LogP contribution in [0, 0.1) is 11.8 Å². The number of hydrogen-bond donors (Lipinski definition) is 1. The second-order valence-corrected chi connectivity index (χ2v) is 5.05. The van der Waals surface area contributed by atoms with Gasteiger partial charge in [-0.2, -0.15) is 0 Å². The van der Waals surface area contributed by atoms with Gasteiger partial charge in [-0.25, -0.2) is 4.79 Å². The van der Waals surface area contributed by atoms with Crippen LogP contribution >= 0.6 is 0 Å². The van der Waals surface area contributed by atoms with Gasteiger partial charge >= 0.3 is 5.97 Å². The van der Waals surface area contributed by atoms with Crippen LogP contribution in [0.3, 0.4) is 0 Å². The third-order valence-corrected chi connectivity index (χ3v) is 3.68. The molecule has 1 aliphatic rings. The van der Waals surface area contributed by atoms with Crippen molar-refractivity contribution in [3.8, 4) is 0 Å². The molecule has 92 valence electrons. The van der Waals surface area contributed by atoms with E-state index in [9.17, 15) is 14.7 Å². The minimum atomic E-state index is -0.924. The van der Waals surface area contributed by atoms with Gasteiger partial charge in [0.15, 0.2) is 0 Å². The van der Waals surface area contributed by atoms with E-state index in [2.05, 4.69) is 13.8 Å². The molecule has 0 unspecified atom stereocenters. The molecule has 1 rings (SSSR count). The molecule has 4 nitrogen and oxygen atoms in total. The monoisotopic (exact) mass is 227 g/mol. The van der Waals surface area contributed by atoms with Crippen LogP contribution in [0.1, 0.15) is 40.0 Å². The van der Waals surface area contributed by atoms with Crippen molar-refractivity contribution in [3.63, 3.8) is 0 Å². The molecule has 1 aliphatic carbocycles. The lowest BCUT2D eigenvalue weighted by Gasteiger charge is -2.51. The summed E-state index contributed by atoms with van der Waals surface area (Å²) in [7, 11) is 0. The molecule has 0 aromatic carbocycles. The van der Waals surface area contributed by atoms with Crippen LogP contribution in [-0.4, -0.2) is 34.5 Å². The highest BCUT2D eigenvalue weighted by molar-refractivity contribution is 5.83. The molecule has 0 spiro atoms. The Kier molecular flexibility index (Phi) is 3.94. The molecule has 0 bridgehead atoms. The molecular weight excluding hydrogens is 206 g/mol. The predicted molar refractivity (Wildman–Crippen MR) is 61.0 cm³/mol. The molecule has 1 N–H and O–H groups in total. The highest BCUT2D eigenvalue weighted by Crippen LogP contribution is 2.45. The fraction of sp³-hybridized carbons (Fsp3) is 0.833. The van der Waals surface area contributed by atoms with Crippen LogP contribution in [-0.2, 0) is 9.59 Å². The maximum Gasteiger partial charge on any atom is 0.329 e. The Bertz CT molecular complexity index is 269. The Morgan fingerprint density at radius 3 is 2.44 bits per heavy atom. The fourth-order valence-corrected chi connectivity index (χ4v) is 2.42. The number of carbonyl (C=O) groups is 2. The maximum absolute atomic E-state index is 11.3. The standard InChI is InChI=1S/C12H21NO3/c1-4-5-13(8-14)12(11(15)16)6-10(7-12)9(2)3/h8-10H,4-7H2,1-3H3,(H,15,16). The van der Waals surface area contributed by atoms with Crippen LogP contribution in [0.5, 0.6) is 0 Å². The first kappa shape index (κ1) is 13.0. The average molecular weight is 227 g/mol. The van der Waals surface area contributed by atoms with Gasteiger partial charge in [-0.3, -0.25) is 4.79 Å². The largest absolute Gasteiger partial charge is 0.479 e. The van der Waals surface area contributed by atoms with Crippen molar-refractivity contribution in [1.82, 2.24) is 4.90 Å². The number of nitrogens with zero attached hydrogens (tertiary/aromatic N) is 1. The third-order valence-electron chi connectivity index (χ3n) is 3.68. The minimum absolute atomic E-state index is 0.426. The summed E-state index contributed by atoms with van der Waals surface area (Å²) < 4.78 is 0. The highest BCUT2D eigenvalue weighted by Gasteiger charge is 2.54. The molecule has 16 heavy (non-hydrogen) atoms. The van der Waals surface area contributed by atoms with Gasteiger partial charge in [-0.1, -0.05) is 20.8 Å². The fourth-order valence-electron chi connectivity index (χ4n) is 2.42. The predicted octanol–water partition coefficient (Wildman–Crippen LogP) is 1.74. The normalized spacial score (nSPS) is 28.6. The minimum Gasteiger partial charge on any atom is -0.479 e. The van der Waals surface area contributed by atoms with Gasteiger partial charge < -0.3 is 10.0 Å². The molecular formula is C12H21NO3. The van der Waals surface area contributed by atoms with Gasteiger partial charge in [0.05, 0.1) is 0 Å². The van der Waals surface area contributed by atoms with E-state index in [1.54, 1.807) is 0 Å². The van der Waals surface area contributed by atoms with Gasteiger partial charge in [-0.15, -0.1) is 0 Å². The summed E-state index contributed by atoms with van der Waals surface area (Å²) in [6.07, 6.45) is 2.67. The topological polar surface area (TPSA) is 57.6 Å². The number of aliphatic carboxylic acids is 1. The van der Waals surface area contributed by atoms with Gasteiger partial charge in [0.25, 0.3) is 0 Å². The SMILES string of the molecule is CCCN(C=O)C1(C(=O)O)CC(C(C)C)C1. The van der Waals surface area contributed by atoms with Crippen molar-refractivity contribution in [2.24, 2.45) is 11.8 Å². The Morgan fingerprint density at radius 2 is 2.12 bits per heavy atom. The molecule has 0 atom stereocenters. The molecule has 4 heteroatoms. The van der Waals surface area contributed by atoms with Gasteiger partial charge in [0.1, 0.15) is 5.54 Å². The maximum atomic E-state index is 11.3.